The zero-order valence-electron chi connectivity index (χ0n) is 14.9. The fraction of sp³-hybridized carbons (Fsp3) is 0.100. The van der Waals surface area contributed by atoms with Crippen LogP contribution < -0.4 is 16.0 Å². The van der Waals surface area contributed by atoms with Crippen LogP contribution >= 0.6 is 0 Å². The predicted molar refractivity (Wildman–Crippen MR) is 104 cm³/mol. The van der Waals surface area contributed by atoms with Gasteiger partial charge in [0.15, 0.2) is 0 Å². The number of benzene rings is 1. The van der Waals surface area contributed by atoms with Crippen molar-refractivity contribution in [3.8, 4) is 0 Å². The second-order valence-corrected chi connectivity index (χ2v) is 6.27. The molecule has 2 aromatic rings. The number of nitrogens with one attached hydrogen (secondary N) is 3. The van der Waals surface area contributed by atoms with Gasteiger partial charge in [0.25, 0.3) is 5.91 Å². The minimum absolute atomic E-state index is 0.212. The summed E-state index contributed by atoms with van der Waals surface area (Å²) in [5.74, 6) is -0.212. The van der Waals surface area contributed by atoms with Gasteiger partial charge in [0.05, 0.1) is 18.8 Å². The number of nitrogens with zero attached hydrogens (tertiary/aromatic N) is 3. The van der Waals surface area contributed by atoms with Gasteiger partial charge in [-0.25, -0.2) is 14.8 Å². The zero-order valence-corrected chi connectivity index (χ0v) is 14.9. The SMILES string of the molecule is O=C(NCc1ccncn1)c1ccc(NC(=O)N2C=C3C=CNC=C3C2)cc1. The Morgan fingerprint density at radius 2 is 2.04 bits per heavy atom. The second-order valence-electron chi connectivity index (χ2n) is 6.27. The van der Waals surface area contributed by atoms with E-state index < -0.39 is 0 Å². The third-order valence-electron chi connectivity index (χ3n) is 4.36. The highest BCUT2D eigenvalue weighted by Crippen LogP contribution is 2.24. The first-order chi connectivity index (χ1) is 13.7. The molecule has 0 saturated carbocycles. The molecule has 140 valence electrons. The maximum Gasteiger partial charge on any atom is 0.326 e. The summed E-state index contributed by atoms with van der Waals surface area (Å²) in [5, 5.41) is 8.65. The van der Waals surface area contributed by atoms with E-state index in [1.165, 1.54) is 6.33 Å². The molecule has 3 amide bonds. The van der Waals surface area contributed by atoms with Gasteiger partial charge in [0.2, 0.25) is 0 Å². The van der Waals surface area contributed by atoms with E-state index in [0.29, 0.717) is 24.3 Å². The summed E-state index contributed by atoms with van der Waals surface area (Å²) in [7, 11) is 0. The Hall–Kier alpha value is -3.94. The molecular formula is C20H18N6O2. The Balaban J connectivity index is 1.33. The van der Waals surface area contributed by atoms with Crippen LogP contribution in [0.3, 0.4) is 0 Å². The normalized spacial score (nSPS) is 14.5. The number of carbonyl (C=O) groups excluding carboxylic acids is 2. The predicted octanol–water partition coefficient (Wildman–Crippen LogP) is 2.14. The largest absolute Gasteiger partial charge is 0.367 e. The highest BCUT2D eigenvalue weighted by atomic mass is 16.2. The Morgan fingerprint density at radius 3 is 2.79 bits per heavy atom. The number of carbonyl (C=O) groups is 2. The molecule has 0 atom stereocenters. The van der Waals surface area contributed by atoms with E-state index in [0.717, 1.165) is 16.8 Å². The quantitative estimate of drug-likeness (QED) is 0.761. The Kier molecular flexibility index (Phi) is 4.83. The van der Waals surface area contributed by atoms with Gasteiger partial charge in [-0.2, -0.15) is 0 Å². The van der Waals surface area contributed by atoms with Crippen molar-refractivity contribution in [1.29, 1.82) is 0 Å². The van der Waals surface area contributed by atoms with Crippen molar-refractivity contribution in [3.63, 3.8) is 0 Å². The van der Waals surface area contributed by atoms with E-state index in [1.807, 2.05) is 24.7 Å². The third kappa shape index (κ3) is 3.90. The number of allylic oxidation sites excluding steroid dienone is 1. The maximum absolute atomic E-state index is 12.4. The van der Waals surface area contributed by atoms with Gasteiger partial charge in [-0.1, -0.05) is 0 Å². The topological polar surface area (TPSA) is 99.2 Å². The van der Waals surface area contributed by atoms with Crippen molar-refractivity contribution in [2.24, 2.45) is 0 Å². The summed E-state index contributed by atoms with van der Waals surface area (Å²) in [6.07, 6.45) is 10.5. The second kappa shape index (κ2) is 7.75. The van der Waals surface area contributed by atoms with Gasteiger partial charge in [-0.15, -0.1) is 0 Å². The van der Waals surface area contributed by atoms with Crippen LogP contribution in [-0.4, -0.2) is 33.4 Å². The molecule has 0 fully saturated rings. The number of urea groups is 1. The maximum atomic E-state index is 12.4. The summed E-state index contributed by atoms with van der Waals surface area (Å²) < 4.78 is 0. The van der Waals surface area contributed by atoms with Crippen molar-refractivity contribution in [2.75, 3.05) is 11.9 Å². The van der Waals surface area contributed by atoms with E-state index >= 15 is 0 Å². The van der Waals surface area contributed by atoms with Gasteiger partial charge in [-0.05, 0) is 47.6 Å². The van der Waals surface area contributed by atoms with Crippen LogP contribution in [0.5, 0.6) is 0 Å². The lowest BCUT2D eigenvalue weighted by Crippen LogP contribution is -2.29. The number of amides is 3. The molecule has 0 bridgehead atoms. The molecule has 3 N–H and O–H groups in total. The first kappa shape index (κ1) is 17.5. The van der Waals surface area contributed by atoms with Crippen molar-refractivity contribution >= 4 is 17.6 Å². The third-order valence-corrected chi connectivity index (χ3v) is 4.36. The number of hydrogen-bond acceptors (Lipinski definition) is 5. The Morgan fingerprint density at radius 1 is 1.18 bits per heavy atom. The lowest BCUT2D eigenvalue weighted by atomic mass is 10.1. The summed E-state index contributed by atoms with van der Waals surface area (Å²) in [6.45, 7) is 0.838. The summed E-state index contributed by atoms with van der Waals surface area (Å²) in [6, 6.07) is 8.26. The average Bonchev–Trinajstić information content (AvgIpc) is 3.18. The number of dihydropyridines is 1. The molecule has 8 heteroatoms. The van der Waals surface area contributed by atoms with Crippen LogP contribution in [0.25, 0.3) is 0 Å². The highest BCUT2D eigenvalue weighted by molar-refractivity contribution is 5.95. The van der Waals surface area contributed by atoms with E-state index in [9.17, 15) is 9.59 Å². The molecular weight excluding hydrogens is 356 g/mol. The molecule has 0 aliphatic carbocycles. The Labute approximate surface area is 161 Å². The Bertz CT molecular complexity index is 980. The molecule has 0 saturated heterocycles. The molecule has 2 aliphatic rings. The lowest BCUT2D eigenvalue weighted by Gasteiger charge is -2.15. The number of fused-ring (bicyclic) bond motifs is 1. The van der Waals surface area contributed by atoms with Crippen molar-refractivity contribution in [1.82, 2.24) is 25.5 Å². The fourth-order valence-corrected chi connectivity index (χ4v) is 2.86. The monoisotopic (exact) mass is 374 g/mol. The smallest absolute Gasteiger partial charge is 0.326 e. The van der Waals surface area contributed by atoms with Gasteiger partial charge >= 0.3 is 6.03 Å². The standard InChI is InChI=1S/C20H18N6O2/c27-19(23-10-18-6-8-22-13-24-18)14-1-3-17(4-2-14)25-20(28)26-11-15-5-7-21-9-16(15)12-26/h1-9,11,13,21H,10,12H2,(H,23,27)(H,25,28). The van der Waals surface area contributed by atoms with Crippen LogP contribution in [0.15, 0.2) is 78.7 Å². The lowest BCUT2D eigenvalue weighted by molar-refractivity contribution is 0.0950. The van der Waals surface area contributed by atoms with Crippen LogP contribution in [0.4, 0.5) is 10.5 Å². The summed E-state index contributed by atoms with van der Waals surface area (Å²) in [5.41, 5.74) is 3.93. The molecule has 0 unspecified atom stereocenters. The van der Waals surface area contributed by atoms with Crippen molar-refractivity contribution in [2.45, 2.75) is 6.54 Å². The van der Waals surface area contributed by atoms with E-state index in [4.69, 9.17) is 0 Å². The number of anilines is 1. The van der Waals surface area contributed by atoms with Gasteiger partial charge in [0, 0.05) is 36.0 Å². The van der Waals surface area contributed by atoms with Crippen molar-refractivity contribution in [3.05, 3.63) is 89.9 Å². The number of hydrogen-bond donors (Lipinski definition) is 3. The molecule has 28 heavy (non-hydrogen) atoms. The molecule has 1 aromatic carbocycles. The van der Waals surface area contributed by atoms with Gasteiger partial charge in [0.1, 0.15) is 6.33 Å². The fourth-order valence-electron chi connectivity index (χ4n) is 2.86. The highest BCUT2D eigenvalue weighted by Gasteiger charge is 2.22. The average molecular weight is 374 g/mol. The minimum atomic E-state index is -0.225. The number of rotatable bonds is 4. The first-order valence-electron chi connectivity index (χ1n) is 8.74. The van der Waals surface area contributed by atoms with E-state index in [-0.39, 0.29) is 11.9 Å². The zero-order chi connectivity index (χ0) is 19.3. The molecule has 2 aliphatic heterocycles. The molecule has 8 nitrogen and oxygen atoms in total. The van der Waals surface area contributed by atoms with Crippen LogP contribution in [0.1, 0.15) is 16.1 Å². The molecule has 3 heterocycles. The summed E-state index contributed by atoms with van der Waals surface area (Å²) >= 11 is 0. The van der Waals surface area contributed by atoms with Crippen LogP contribution in [0.2, 0.25) is 0 Å². The van der Waals surface area contributed by atoms with E-state index in [1.54, 1.807) is 41.4 Å². The van der Waals surface area contributed by atoms with Crippen molar-refractivity contribution < 1.29 is 9.59 Å². The molecule has 1 aromatic heterocycles. The number of aromatic nitrogens is 2. The minimum Gasteiger partial charge on any atom is -0.367 e. The van der Waals surface area contributed by atoms with Gasteiger partial charge in [-0.3, -0.25) is 9.69 Å². The van der Waals surface area contributed by atoms with Crippen LogP contribution in [-0.2, 0) is 6.54 Å². The van der Waals surface area contributed by atoms with Gasteiger partial charge < -0.3 is 16.0 Å². The van der Waals surface area contributed by atoms with Crippen LogP contribution in [0, 0.1) is 0 Å². The first-order valence-corrected chi connectivity index (χ1v) is 8.74. The molecule has 0 radical (unpaired) electrons. The van der Waals surface area contributed by atoms with E-state index in [2.05, 4.69) is 25.9 Å². The molecule has 4 rings (SSSR count). The molecule has 0 spiro atoms. The summed E-state index contributed by atoms with van der Waals surface area (Å²) in [4.78, 5) is 34.2.